The standard InChI is InChI=1S/C17H19ClN2O3/c1-20(2)13-7-5-12(6-8-13)19-17(21)11-9-14(18)16(23-4)15(10-11)22-3/h5-10H,1-4H3,(H,19,21). The smallest absolute Gasteiger partial charge is 0.255 e. The molecule has 6 heteroatoms. The van der Waals surface area contributed by atoms with Crippen molar-refractivity contribution in [1.82, 2.24) is 0 Å². The number of halogens is 1. The number of nitrogens with zero attached hydrogens (tertiary/aromatic N) is 1. The van der Waals surface area contributed by atoms with Crippen LogP contribution < -0.4 is 19.7 Å². The molecule has 0 aliphatic rings. The van der Waals surface area contributed by atoms with E-state index in [0.29, 0.717) is 27.8 Å². The molecule has 0 saturated carbocycles. The van der Waals surface area contributed by atoms with Gasteiger partial charge in [-0.25, -0.2) is 0 Å². The van der Waals surface area contributed by atoms with Crippen LogP contribution in [-0.4, -0.2) is 34.2 Å². The highest BCUT2D eigenvalue weighted by atomic mass is 35.5. The summed E-state index contributed by atoms with van der Waals surface area (Å²) in [6.45, 7) is 0. The van der Waals surface area contributed by atoms with E-state index in [9.17, 15) is 4.79 Å². The Morgan fingerprint density at radius 2 is 1.74 bits per heavy atom. The van der Waals surface area contributed by atoms with Gasteiger partial charge in [-0.3, -0.25) is 4.79 Å². The van der Waals surface area contributed by atoms with Gasteiger partial charge in [0.2, 0.25) is 0 Å². The Bertz CT molecular complexity index is 700. The molecule has 1 amide bonds. The third kappa shape index (κ3) is 3.87. The summed E-state index contributed by atoms with van der Waals surface area (Å²) in [4.78, 5) is 14.4. The van der Waals surface area contributed by atoms with Gasteiger partial charge in [-0.05, 0) is 36.4 Å². The molecule has 0 unspecified atom stereocenters. The van der Waals surface area contributed by atoms with Gasteiger partial charge in [-0.2, -0.15) is 0 Å². The number of benzene rings is 2. The number of hydrogen-bond donors (Lipinski definition) is 1. The number of methoxy groups -OCH3 is 2. The topological polar surface area (TPSA) is 50.8 Å². The fourth-order valence-corrected chi connectivity index (χ4v) is 2.38. The Kier molecular flexibility index (Phi) is 5.34. The van der Waals surface area contributed by atoms with Crippen LogP contribution in [0, 0.1) is 0 Å². The minimum atomic E-state index is -0.273. The van der Waals surface area contributed by atoms with Crippen LogP contribution in [0.3, 0.4) is 0 Å². The second kappa shape index (κ2) is 7.24. The highest BCUT2D eigenvalue weighted by Crippen LogP contribution is 2.36. The highest BCUT2D eigenvalue weighted by molar-refractivity contribution is 6.32. The minimum absolute atomic E-state index is 0.273. The van der Waals surface area contributed by atoms with Crippen LogP contribution in [0.2, 0.25) is 5.02 Å². The van der Waals surface area contributed by atoms with Gasteiger partial charge in [-0.1, -0.05) is 11.6 Å². The summed E-state index contributed by atoms with van der Waals surface area (Å²) in [6.07, 6.45) is 0. The molecule has 0 bridgehead atoms. The minimum Gasteiger partial charge on any atom is -0.493 e. The largest absolute Gasteiger partial charge is 0.493 e. The maximum absolute atomic E-state index is 12.4. The maximum atomic E-state index is 12.4. The molecule has 0 radical (unpaired) electrons. The number of hydrogen-bond acceptors (Lipinski definition) is 4. The molecule has 0 spiro atoms. The summed E-state index contributed by atoms with van der Waals surface area (Å²) in [6, 6.07) is 10.7. The molecule has 2 aromatic carbocycles. The number of anilines is 2. The molecule has 0 aliphatic heterocycles. The molecule has 122 valence electrons. The number of amides is 1. The van der Waals surface area contributed by atoms with E-state index in [1.807, 2.05) is 43.3 Å². The van der Waals surface area contributed by atoms with Gasteiger partial charge in [0, 0.05) is 31.0 Å². The van der Waals surface area contributed by atoms with E-state index in [0.717, 1.165) is 5.69 Å². The van der Waals surface area contributed by atoms with Gasteiger partial charge in [0.25, 0.3) is 5.91 Å². The van der Waals surface area contributed by atoms with E-state index in [-0.39, 0.29) is 5.91 Å². The Hall–Kier alpha value is -2.40. The third-order valence-electron chi connectivity index (χ3n) is 3.34. The van der Waals surface area contributed by atoms with E-state index in [1.54, 1.807) is 12.1 Å². The fourth-order valence-electron chi connectivity index (χ4n) is 2.10. The van der Waals surface area contributed by atoms with Crippen LogP contribution in [0.25, 0.3) is 0 Å². The van der Waals surface area contributed by atoms with E-state index in [1.165, 1.54) is 14.2 Å². The Morgan fingerprint density at radius 1 is 1.09 bits per heavy atom. The number of rotatable bonds is 5. The first-order valence-electron chi connectivity index (χ1n) is 6.96. The second-order valence-corrected chi connectivity index (χ2v) is 5.50. The van der Waals surface area contributed by atoms with Gasteiger partial charge < -0.3 is 19.7 Å². The van der Waals surface area contributed by atoms with Crippen molar-refractivity contribution in [2.45, 2.75) is 0 Å². The normalized spacial score (nSPS) is 10.1. The zero-order chi connectivity index (χ0) is 17.0. The summed E-state index contributed by atoms with van der Waals surface area (Å²) in [7, 11) is 6.91. The molecule has 0 fully saturated rings. The molecule has 0 saturated heterocycles. The van der Waals surface area contributed by atoms with Gasteiger partial charge in [0.05, 0.1) is 19.2 Å². The lowest BCUT2D eigenvalue weighted by Gasteiger charge is -2.14. The van der Waals surface area contributed by atoms with Crippen molar-refractivity contribution < 1.29 is 14.3 Å². The van der Waals surface area contributed by atoms with Gasteiger partial charge in [-0.15, -0.1) is 0 Å². The van der Waals surface area contributed by atoms with Crippen molar-refractivity contribution in [3.8, 4) is 11.5 Å². The van der Waals surface area contributed by atoms with Crippen molar-refractivity contribution >= 4 is 28.9 Å². The molecule has 0 aliphatic carbocycles. The molecule has 0 atom stereocenters. The lowest BCUT2D eigenvalue weighted by atomic mass is 10.1. The van der Waals surface area contributed by atoms with Crippen molar-refractivity contribution in [2.24, 2.45) is 0 Å². The zero-order valence-electron chi connectivity index (χ0n) is 13.5. The predicted molar refractivity (Wildman–Crippen MR) is 93.3 cm³/mol. The molecule has 0 aromatic heterocycles. The Balaban J connectivity index is 2.22. The first-order valence-corrected chi connectivity index (χ1v) is 7.34. The number of carbonyl (C=O) groups excluding carboxylic acids is 1. The first kappa shape index (κ1) is 17.0. The molecular formula is C17H19ClN2O3. The quantitative estimate of drug-likeness (QED) is 0.906. The molecule has 5 nitrogen and oxygen atoms in total. The Labute approximate surface area is 140 Å². The second-order valence-electron chi connectivity index (χ2n) is 5.09. The van der Waals surface area contributed by atoms with Crippen LogP contribution >= 0.6 is 11.6 Å². The van der Waals surface area contributed by atoms with Crippen molar-refractivity contribution in [1.29, 1.82) is 0 Å². The number of ether oxygens (including phenoxy) is 2. The van der Waals surface area contributed by atoms with Crippen LogP contribution in [0.5, 0.6) is 11.5 Å². The van der Waals surface area contributed by atoms with E-state index in [2.05, 4.69) is 5.32 Å². The summed E-state index contributed by atoms with van der Waals surface area (Å²) in [5.41, 5.74) is 2.15. The van der Waals surface area contributed by atoms with Gasteiger partial charge >= 0.3 is 0 Å². The van der Waals surface area contributed by atoms with Crippen LogP contribution in [-0.2, 0) is 0 Å². The first-order chi connectivity index (χ1) is 11.0. The van der Waals surface area contributed by atoms with E-state index in [4.69, 9.17) is 21.1 Å². The number of carbonyl (C=O) groups is 1. The summed E-state index contributed by atoms with van der Waals surface area (Å²) in [5, 5.41) is 3.15. The van der Waals surface area contributed by atoms with Crippen LogP contribution in [0.1, 0.15) is 10.4 Å². The lowest BCUT2D eigenvalue weighted by Crippen LogP contribution is -2.13. The van der Waals surface area contributed by atoms with Crippen LogP contribution in [0.15, 0.2) is 36.4 Å². The predicted octanol–water partition coefficient (Wildman–Crippen LogP) is 3.68. The van der Waals surface area contributed by atoms with Crippen LogP contribution in [0.4, 0.5) is 11.4 Å². The third-order valence-corrected chi connectivity index (χ3v) is 3.62. The van der Waals surface area contributed by atoms with Gasteiger partial charge in [0.1, 0.15) is 0 Å². The maximum Gasteiger partial charge on any atom is 0.255 e. The van der Waals surface area contributed by atoms with Crippen molar-refractivity contribution in [3.05, 3.63) is 47.0 Å². The zero-order valence-corrected chi connectivity index (χ0v) is 14.3. The summed E-state index contributed by atoms with van der Waals surface area (Å²) >= 11 is 6.13. The number of nitrogens with one attached hydrogen (secondary N) is 1. The molecule has 1 N–H and O–H groups in total. The monoisotopic (exact) mass is 334 g/mol. The van der Waals surface area contributed by atoms with Gasteiger partial charge in [0.15, 0.2) is 11.5 Å². The van der Waals surface area contributed by atoms with E-state index < -0.39 is 0 Å². The molecular weight excluding hydrogens is 316 g/mol. The average molecular weight is 335 g/mol. The van der Waals surface area contributed by atoms with E-state index >= 15 is 0 Å². The Morgan fingerprint density at radius 3 is 2.26 bits per heavy atom. The molecule has 0 heterocycles. The highest BCUT2D eigenvalue weighted by Gasteiger charge is 2.15. The molecule has 2 aromatic rings. The average Bonchev–Trinajstić information content (AvgIpc) is 2.54. The summed E-state index contributed by atoms with van der Waals surface area (Å²) < 4.78 is 10.4. The lowest BCUT2D eigenvalue weighted by molar-refractivity contribution is 0.102. The van der Waals surface area contributed by atoms with Crippen molar-refractivity contribution in [2.75, 3.05) is 38.5 Å². The van der Waals surface area contributed by atoms with Crippen molar-refractivity contribution in [3.63, 3.8) is 0 Å². The molecule has 2 rings (SSSR count). The SMILES string of the molecule is COc1cc(C(=O)Nc2ccc(N(C)C)cc2)cc(Cl)c1OC. The fraction of sp³-hybridized carbons (Fsp3) is 0.235. The summed E-state index contributed by atoms with van der Waals surface area (Å²) in [5.74, 6) is 0.541. The molecule has 23 heavy (non-hydrogen) atoms.